The number of pyridine rings is 1. The molecule has 3 aromatic rings. The lowest BCUT2D eigenvalue weighted by Crippen LogP contribution is -2.00. The molecule has 0 saturated carbocycles. The third kappa shape index (κ3) is 2.35. The number of carboxylic acids is 1. The average molecular weight is 277 g/mol. The van der Waals surface area contributed by atoms with Crippen molar-refractivity contribution in [2.75, 3.05) is 0 Å². The number of benzene rings is 1. The average Bonchev–Trinajstić information content (AvgIpc) is 2.86. The number of nitriles is 1. The summed E-state index contributed by atoms with van der Waals surface area (Å²) in [5, 5.41) is 18.8. The Balaban J connectivity index is 2.15. The van der Waals surface area contributed by atoms with Gasteiger partial charge in [-0.25, -0.2) is 4.79 Å². The molecule has 0 aliphatic heterocycles. The molecular weight excluding hydrogens is 266 g/mol. The fourth-order valence-electron chi connectivity index (χ4n) is 2.33. The Bertz CT molecular complexity index is 860. The third-order valence-corrected chi connectivity index (χ3v) is 3.30. The summed E-state index contributed by atoms with van der Waals surface area (Å²) in [6, 6.07) is 12.7. The number of rotatable bonds is 3. The molecule has 0 saturated heterocycles. The number of aromatic carboxylic acids is 1. The van der Waals surface area contributed by atoms with Crippen LogP contribution in [-0.2, 0) is 6.54 Å². The lowest BCUT2D eigenvalue weighted by molar-refractivity contribution is 0.0699. The number of fused-ring (bicyclic) bond motifs is 1. The van der Waals surface area contributed by atoms with E-state index in [4.69, 9.17) is 5.26 Å². The Morgan fingerprint density at radius 2 is 2.19 bits per heavy atom. The van der Waals surface area contributed by atoms with Crippen LogP contribution in [0.5, 0.6) is 0 Å². The van der Waals surface area contributed by atoms with Crippen LogP contribution in [-0.4, -0.2) is 20.6 Å². The molecule has 0 radical (unpaired) electrons. The Labute approximate surface area is 120 Å². The lowest BCUT2D eigenvalue weighted by Gasteiger charge is -2.04. The summed E-state index contributed by atoms with van der Waals surface area (Å²) in [4.78, 5) is 15.6. The zero-order valence-corrected chi connectivity index (χ0v) is 11.0. The predicted octanol–water partition coefficient (Wildman–Crippen LogP) is 2.65. The van der Waals surface area contributed by atoms with E-state index in [2.05, 4.69) is 4.98 Å². The van der Waals surface area contributed by atoms with E-state index in [1.54, 1.807) is 30.6 Å². The third-order valence-electron chi connectivity index (χ3n) is 3.30. The van der Waals surface area contributed by atoms with Crippen molar-refractivity contribution >= 4 is 16.9 Å². The first-order valence-electron chi connectivity index (χ1n) is 6.35. The monoisotopic (exact) mass is 277 g/mol. The number of carboxylic acid groups (broad SMARTS) is 1. The molecule has 1 aromatic carbocycles. The van der Waals surface area contributed by atoms with Crippen molar-refractivity contribution in [2.24, 2.45) is 0 Å². The van der Waals surface area contributed by atoms with Gasteiger partial charge in [-0.3, -0.25) is 4.98 Å². The number of hydrogen-bond donors (Lipinski definition) is 1. The number of hydrogen-bond acceptors (Lipinski definition) is 3. The molecular formula is C16H11N3O2. The summed E-state index contributed by atoms with van der Waals surface area (Å²) in [7, 11) is 0. The molecule has 0 bridgehead atoms. The van der Waals surface area contributed by atoms with Gasteiger partial charge in [0.2, 0.25) is 0 Å². The van der Waals surface area contributed by atoms with Crippen molar-refractivity contribution < 1.29 is 9.90 Å². The van der Waals surface area contributed by atoms with Crippen LogP contribution in [0.15, 0.2) is 48.8 Å². The van der Waals surface area contributed by atoms with Gasteiger partial charge in [0.25, 0.3) is 0 Å². The van der Waals surface area contributed by atoms with E-state index in [1.807, 2.05) is 28.8 Å². The Morgan fingerprint density at radius 1 is 1.33 bits per heavy atom. The highest BCUT2D eigenvalue weighted by Gasteiger charge is 2.15. The highest BCUT2D eigenvalue weighted by atomic mass is 16.4. The van der Waals surface area contributed by atoms with E-state index in [0.29, 0.717) is 17.5 Å². The molecule has 21 heavy (non-hydrogen) atoms. The van der Waals surface area contributed by atoms with Gasteiger partial charge in [0.05, 0.1) is 29.4 Å². The molecule has 102 valence electrons. The van der Waals surface area contributed by atoms with Crippen LogP contribution >= 0.6 is 0 Å². The van der Waals surface area contributed by atoms with Gasteiger partial charge >= 0.3 is 5.97 Å². The van der Waals surface area contributed by atoms with Crippen LogP contribution in [0.2, 0.25) is 0 Å². The highest BCUT2D eigenvalue weighted by molar-refractivity contribution is 6.03. The quantitative estimate of drug-likeness (QED) is 0.798. The van der Waals surface area contributed by atoms with E-state index in [-0.39, 0.29) is 5.56 Å². The fraction of sp³-hybridized carbons (Fsp3) is 0.0625. The molecule has 2 heterocycles. The number of aromatic nitrogens is 2. The Morgan fingerprint density at radius 3 is 2.86 bits per heavy atom. The minimum absolute atomic E-state index is 0.193. The van der Waals surface area contributed by atoms with Crippen LogP contribution in [0.25, 0.3) is 10.9 Å². The summed E-state index contributed by atoms with van der Waals surface area (Å²) in [6.07, 6.45) is 3.29. The maximum absolute atomic E-state index is 11.4. The summed E-state index contributed by atoms with van der Waals surface area (Å²) >= 11 is 0. The van der Waals surface area contributed by atoms with Crippen molar-refractivity contribution in [1.29, 1.82) is 5.26 Å². The van der Waals surface area contributed by atoms with Crippen LogP contribution in [0.3, 0.4) is 0 Å². The molecule has 0 atom stereocenters. The van der Waals surface area contributed by atoms with E-state index >= 15 is 0 Å². The van der Waals surface area contributed by atoms with Gasteiger partial charge in [-0.2, -0.15) is 5.26 Å². The largest absolute Gasteiger partial charge is 0.478 e. The minimum atomic E-state index is -1.00. The van der Waals surface area contributed by atoms with Gasteiger partial charge in [-0.1, -0.05) is 6.07 Å². The first kappa shape index (κ1) is 12.9. The van der Waals surface area contributed by atoms with Crippen molar-refractivity contribution in [2.45, 2.75) is 6.54 Å². The first-order chi connectivity index (χ1) is 10.2. The normalized spacial score (nSPS) is 10.4. The number of carbonyl (C=O) groups is 1. The molecule has 0 spiro atoms. The van der Waals surface area contributed by atoms with Gasteiger partial charge in [0.1, 0.15) is 0 Å². The molecule has 0 aliphatic carbocycles. The van der Waals surface area contributed by atoms with Crippen molar-refractivity contribution in [3.63, 3.8) is 0 Å². The summed E-state index contributed by atoms with van der Waals surface area (Å²) < 4.78 is 1.84. The molecule has 3 rings (SSSR count). The van der Waals surface area contributed by atoms with E-state index in [9.17, 15) is 9.90 Å². The zero-order chi connectivity index (χ0) is 14.8. The topological polar surface area (TPSA) is 78.9 Å². The van der Waals surface area contributed by atoms with Gasteiger partial charge in [-0.05, 0) is 30.3 Å². The summed E-state index contributed by atoms with van der Waals surface area (Å²) in [6.45, 7) is 0.483. The molecule has 1 N–H and O–H groups in total. The molecule has 0 unspecified atom stereocenters. The van der Waals surface area contributed by atoms with Gasteiger partial charge in [-0.15, -0.1) is 0 Å². The zero-order valence-electron chi connectivity index (χ0n) is 11.0. The van der Waals surface area contributed by atoms with E-state index < -0.39 is 5.97 Å². The molecule has 5 heteroatoms. The minimum Gasteiger partial charge on any atom is -0.478 e. The van der Waals surface area contributed by atoms with Gasteiger partial charge in [0, 0.05) is 23.3 Å². The van der Waals surface area contributed by atoms with Gasteiger partial charge < -0.3 is 9.67 Å². The lowest BCUT2D eigenvalue weighted by atomic mass is 10.1. The van der Waals surface area contributed by atoms with Crippen molar-refractivity contribution in [3.05, 3.63) is 65.6 Å². The second-order valence-electron chi connectivity index (χ2n) is 4.64. The number of nitrogens with zero attached hydrogens (tertiary/aromatic N) is 3. The first-order valence-corrected chi connectivity index (χ1v) is 6.35. The van der Waals surface area contributed by atoms with E-state index in [0.717, 1.165) is 11.2 Å². The molecule has 0 fully saturated rings. The predicted molar refractivity (Wildman–Crippen MR) is 77.0 cm³/mol. The van der Waals surface area contributed by atoms with Crippen LogP contribution in [0.1, 0.15) is 21.6 Å². The summed E-state index contributed by atoms with van der Waals surface area (Å²) in [5.41, 5.74) is 2.26. The summed E-state index contributed by atoms with van der Waals surface area (Å²) in [5.74, 6) is -1.00. The second-order valence-corrected chi connectivity index (χ2v) is 4.64. The maximum atomic E-state index is 11.4. The maximum Gasteiger partial charge on any atom is 0.337 e. The van der Waals surface area contributed by atoms with Crippen LogP contribution in [0, 0.1) is 11.3 Å². The van der Waals surface area contributed by atoms with Crippen LogP contribution in [0.4, 0.5) is 0 Å². The van der Waals surface area contributed by atoms with Gasteiger partial charge in [0.15, 0.2) is 0 Å². The molecule has 2 aromatic heterocycles. The highest BCUT2D eigenvalue weighted by Crippen LogP contribution is 2.23. The Kier molecular flexibility index (Phi) is 3.13. The molecule has 0 amide bonds. The SMILES string of the molecule is N#Cc1ccc2c(c1)c(C(=O)O)cn2Cc1ccccn1. The van der Waals surface area contributed by atoms with Crippen LogP contribution < -0.4 is 0 Å². The smallest absolute Gasteiger partial charge is 0.337 e. The Hall–Kier alpha value is -3.13. The molecule has 0 aliphatic rings. The van der Waals surface area contributed by atoms with Crippen molar-refractivity contribution in [3.8, 4) is 6.07 Å². The molecule has 5 nitrogen and oxygen atoms in total. The van der Waals surface area contributed by atoms with Crippen molar-refractivity contribution in [1.82, 2.24) is 9.55 Å². The standard InChI is InChI=1S/C16H11N3O2/c17-8-11-4-5-15-13(7-11)14(16(20)21)10-19(15)9-12-3-1-2-6-18-12/h1-7,10H,9H2,(H,20,21). The fourth-order valence-corrected chi connectivity index (χ4v) is 2.33. The van der Waals surface area contributed by atoms with E-state index in [1.165, 1.54) is 0 Å². The second kappa shape index (κ2) is 5.10.